The molecule has 0 amide bonds. The van der Waals surface area contributed by atoms with Gasteiger partial charge >= 0.3 is 12.4 Å². The molecule has 4 aromatic rings. The van der Waals surface area contributed by atoms with Gasteiger partial charge in [-0.15, -0.1) is 5.69 Å². The molecule has 0 spiro atoms. The molecule has 5 rings (SSSR count). The summed E-state index contributed by atoms with van der Waals surface area (Å²) in [5.41, 5.74) is 0.129. The largest absolute Gasteiger partial charge is 0.659 e. The van der Waals surface area contributed by atoms with Gasteiger partial charge < -0.3 is 10.6 Å². The van der Waals surface area contributed by atoms with Crippen molar-refractivity contribution in [2.75, 3.05) is 5.32 Å². The fourth-order valence-corrected chi connectivity index (χ4v) is 3.87. The van der Waals surface area contributed by atoms with Gasteiger partial charge in [-0.3, -0.25) is 15.0 Å². The Balaban J connectivity index is 1.56. The van der Waals surface area contributed by atoms with Gasteiger partial charge in [0, 0.05) is 36.0 Å². The highest BCUT2D eigenvalue weighted by atomic mass is 19.4. The van der Waals surface area contributed by atoms with E-state index >= 15 is 0 Å². The number of aromatic nitrogens is 2. The van der Waals surface area contributed by atoms with Crippen LogP contribution in [0.3, 0.4) is 0 Å². The standard InChI is InChI=1S/C26H16F6N5/c27-25(28,29)17-4-6-18(7-5-17)35-24-19-8-3-16(22-20(26(30,31)32)2-1-11-34-22)14-21(19)36-23(37-24)15-9-12-33-13-10-15/h1-14,23H,(H,35,37)/q-1. The molecule has 0 radical (unpaired) electrons. The predicted octanol–water partition coefficient (Wildman–Crippen LogP) is 7.76. The molecular formula is C26H16F6N5-. The summed E-state index contributed by atoms with van der Waals surface area (Å²) in [5, 5.41) is 7.64. The first-order chi connectivity index (χ1) is 17.6. The number of aliphatic imine (C=N–C) groups is 1. The maximum atomic E-state index is 13.6. The number of rotatable bonds is 3. The fraction of sp³-hybridized carbons (Fsp3) is 0.115. The van der Waals surface area contributed by atoms with Gasteiger partial charge in [-0.25, -0.2) is 0 Å². The van der Waals surface area contributed by atoms with Crippen LogP contribution >= 0.6 is 0 Å². The number of nitrogens with one attached hydrogen (secondary N) is 1. The average molecular weight is 512 g/mol. The second-order valence-electron chi connectivity index (χ2n) is 8.09. The Labute approximate surface area is 206 Å². The van der Waals surface area contributed by atoms with E-state index in [9.17, 15) is 26.3 Å². The monoisotopic (exact) mass is 512 g/mol. The number of alkyl halides is 6. The van der Waals surface area contributed by atoms with Crippen LogP contribution in [0.1, 0.15) is 28.4 Å². The van der Waals surface area contributed by atoms with Crippen LogP contribution in [-0.2, 0) is 12.4 Å². The summed E-state index contributed by atoms with van der Waals surface area (Å²) < 4.78 is 79.7. The van der Waals surface area contributed by atoms with E-state index in [4.69, 9.17) is 0 Å². The zero-order chi connectivity index (χ0) is 26.2. The molecule has 0 saturated heterocycles. The molecular weight excluding hydrogens is 496 g/mol. The molecule has 0 fully saturated rings. The Morgan fingerprint density at radius 1 is 0.784 bits per heavy atom. The lowest BCUT2D eigenvalue weighted by Gasteiger charge is -2.38. The summed E-state index contributed by atoms with van der Waals surface area (Å²) in [6.07, 6.45) is -5.45. The topological polar surface area (TPSA) is 64.3 Å². The molecule has 0 bridgehead atoms. The first-order valence-electron chi connectivity index (χ1n) is 10.9. The average Bonchev–Trinajstić information content (AvgIpc) is 2.88. The molecule has 1 atom stereocenters. The lowest BCUT2D eigenvalue weighted by Crippen LogP contribution is -2.19. The van der Waals surface area contributed by atoms with Gasteiger partial charge in [0.1, 0.15) is 5.84 Å². The maximum Gasteiger partial charge on any atom is 0.418 e. The minimum absolute atomic E-state index is 0.208. The molecule has 188 valence electrons. The van der Waals surface area contributed by atoms with Crippen molar-refractivity contribution in [1.82, 2.24) is 9.97 Å². The van der Waals surface area contributed by atoms with Crippen LogP contribution in [0, 0.1) is 0 Å². The van der Waals surface area contributed by atoms with Crippen molar-refractivity contribution in [1.29, 1.82) is 0 Å². The highest BCUT2D eigenvalue weighted by Crippen LogP contribution is 2.43. The molecule has 2 aromatic heterocycles. The summed E-state index contributed by atoms with van der Waals surface area (Å²) in [4.78, 5) is 12.5. The Morgan fingerprint density at radius 3 is 2.19 bits per heavy atom. The number of anilines is 1. The van der Waals surface area contributed by atoms with Crippen LogP contribution in [0.25, 0.3) is 16.6 Å². The molecule has 1 unspecified atom stereocenters. The zero-order valence-electron chi connectivity index (χ0n) is 18.7. The Hall–Kier alpha value is -4.41. The van der Waals surface area contributed by atoms with Crippen molar-refractivity contribution in [2.24, 2.45) is 4.99 Å². The van der Waals surface area contributed by atoms with Crippen LogP contribution in [-0.4, -0.2) is 15.8 Å². The van der Waals surface area contributed by atoms with E-state index in [-0.39, 0.29) is 11.3 Å². The number of fused-ring (bicyclic) bond motifs is 1. The summed E-state index contributed by atoms with van der Waals surface area (Å²) in [6.45, 7) is 0. The van der Waals surface area contributed by atoms with E-state index in [1.165, 1.54) is 36.5 Å². The van der Waals surface area contributed by atoms with Gasteiger partial charge in [-0.1, -0.05) is 18.2 Å². The third kappa shape index (κ3) is 5.11. The highest BCUT2D eigenvalue weighted by Gasteiger charge is 2.34. The highest BCUT2D eigenvalue weighted by molar-refractivity contribution is 6.13. The Bertz CT molecular complexity index is 1450. The number of benzene rings is 2. The molecule has 3 heterocycles. The SMILES string of the molecule is FC(F)(F)c1ccc(NC2=NC(c3ccncc3)[N-]c3cc(-c4ncccc4C(F)(F)F)ccc32)cc1. The number of amidine groups is 1. The molecule has 1 N–H and O–H groups in total. The number of pyridine rings is 2. The molecule has 5 nitrogen and oxygen atoms in total. The maximum absolute atomic E-state index is 13.6. The normalized spacial score (nSPS) is 15.4. The molecule has 2 aromatic carbocycles. The second-order valence-corrected chi connectivity index (χ2v) is 8.09. The first-order valence-corrected chi connectivity index (χ1v) is 10.9. The van der Waals surface area contributed by atoms with Crippen LogP contribution in [0.2, 0.25) is 0 Å². The lowest BCUT2D eigenvalue weighted by molar-refractivity contribution is -0.138. The van der Waals surface area contributed by atoms with E-state index in [1.54, 1.807) is 30.6 Å². The Morgan fingerprint density at radius 2 is 1.51 bits per heavy atom. The number of hydrogen-bond acceptors (Lipinski definition) is 4. The Kier molecular flexibility index (Phi) is 6.06. The van der Waals surface area contributed by atoms with Crippen molar-refractivity contribution in [3.8, 4) is 11.3 Å². The van der Waals surface area contributed by atoms with Crippen molar-refractivity contribution in [3.05, 3.63) is 113 Å². The second kappa shape index (κ2) is 9.23. The van der Waals surface area contributed by atoms with Crippen LogP contribution in [0.4, 0.5) is 37.7 Å². The van der Waals surface area contributed by atoms with E-state index < -0.39 is 29.6 Å². The minimum Gasteiger partial charge on any atom is -0.659 e. The van der Waals surface area contributed by atoms with E-state index in [0.717, 1.165) is 18.2 Å². The molecule has 11 heteroatoms. The van der Waals surface area contributed by atoms with Crippen LogP contribution in [0.15, 0.2) is 90.3 Å². The van der Waals surface area contributed by atoms with Crippen molar-refractivity contribution < 1.29 is 26.3 Å². The van der Waals surface area contributed by atoms with Gasteiger partial charge in [0.15, 0.2) is 0 Å². The van der Waals surface area contributed by atoms with Crippen molar-refractivity contribution in [3.63, 3.8) is 0 Å². The molecule has 0 aliphatic carbocycles. The number of hydrogen-bond donors (Lipinski definition) is 1. The third-order valence-electron chi connectivity index (χ3n) is 5.63. The van der Waals surface area contributed by atoms with E-state index in [1.807, 2.05) is 0 Å². The fourth-order valence-electron chi connectivity index (χ4n) is 3.87. The molecule has 37 heavy (non-hydrogen) atoms. The smallest absolute Gasteiger partial charge is 0.418 e. The zero-order valence-corrected chi connectivity index (χ0v) is 18.7. The van der Waals surface area contributed by atoms with Gasteiger partial charge in [0.25, 0.3) is 0 Å². The van der Waals surface area contributed by atoms with Gasteiger partial charge in [0.05, 0.1) is 16.8 Å². The van der Waals surface area contributed by atoms with E-state index in [0.29, 0.717) is 28.3 Å². The van der Waals surface area contributed by atoms with Gasteiger partial charge in [-0.05, 0) is 59.7 Å². The minimum atomic E-state index is -4.60. The van der Waals surface area contributed by atoms with E-state index in [2.05, 4.69) is 25.6 Å². The first kappa shape index (κ1) is 24.3. The summed E-state index contributed by atoms with van der Waals surface area (Å²) in [5.74, 6) is 0.301. The van der Waals surface area contributed by atoms with Crippen molar-refractivity contribution >= 4 is 17.2 Å². The van der Waals surface area contributed by atoms with Crippen LogP contribution < -0.4 is 5.32 Å². The third-order valence-corrected chi connectivity index (χ3v) is 5.63. The number of halogens is 6. The molecule has 0 saturated carbocycles. The molecule has 1 aliphatic rings. The lowest BCUT2D eigenvalue weighted by atomic mass is 10.00. The summed E-state index contributed by atoms with van der Waals surface area (Å²) in [7, 11) is 0. The number of nitrogens with zero attached hydrogens (tertiary/aromatic N) is 4. The predicted molar refractivity (Wildman–Crippen MR) is 126 cm³/mol. The summed E-state index contributed by atoms with van der Waals surface area (Å²) >= 11 is 0. The van der Waals surface area contributed by atoms with Crippen molar-refractivity contribution in [2.45, 2.75) is 18.5 Å². The quantitative estimate of drug-likeness (QED) is 0.286. The molecule has 1 aliphatic heterocycles. The summed E-state index contributed by atoms with van der Waals surface area (Å²) in [6, 6.07) is 14.5. The van der Waals surface area contributed by atoms with Gasteiger partial charge in [-0.2, -0.15) is 26.3 Å². The van der Waals surface area contributed by atoms with Gasteiger partial charge in [0.2, 0.25) is 0 Å². The van der Waals surface area contributed by atoms with Crippen LogP contribution in [0.5, 0.6) is 0 Å².